The fourth-order valence-corrected chi connectivity index (χ4v) is 1.59. The first-order valence-electron chi connectivity index (χ1n) is 5.53. The number of anilines is 2. The summed E-state index contributed by atoms with van der Waals surface area (Å²) in [5.74, 6) is -0.148. The average Bonchev–Trinajstić information content (AvgIpc) is 2.34. The van der Waals surface area contributed by atoms with Crippen molar-refractivity contribution >= 4 is 17.3 Å². The first-order valence-corrected chi connectivity index (χ1v) is 5.53. The van der Waals surface area contributed by atoms with Gasteiger partial charge in [0.05, 0.1) is 5.56 Å². The fraction of sp³-hybridized carbons (Fsp3) is 0.0714. The maximum atomic E-state index is 12.0. The Labute approximate surface area is 105 Å². The number of para-hydroxylation sites is 1. The SMILES string of the molecule is Cc1ccc(NC(=O)c2ccccc2N)cc1O. The molecule has 0 fully saturated rings. The minimum absolute atomic E-state index is 0.147. The fourth-order valence-electron chi connectivity index (χ4n) is 1.59. The molecule has 0 saturated heterocycles. The number of carbonyl (C=O) groups excluding carboxylic acids is 1. The van der Waals surface area contributed by atoms with Gasteiger partial charge in [-0.25, -0.2) is 0 Å². The predicted octanol–water partition coefficient (Wildman–Crippen LogP) is 2.54. The van der Waals surface area contributed by atoms with Gasteiger partial charge in [0.1, 0.15) is 5.75 Å². The molecule has 0 atom stereocenters. The molecule has 0 heterocycles. The standard InChI is InChI=1S/C14H14N2O2/c1-9-6-7-10(8-13(9)17)16-14(18)11-4-2-3-5-12(11)15/h2-8,17H,15H2,1H3,(H,16,18). The van der Waals surface area contributed by atoms with Crippen molar-refractivity contribution in [1.29, 1.82) is 0 Å². The highest BCUT2D eigenvalue weighted by Crippen LogP contribution is 2.22. The van der Waals surface area contributed by atoms with Gasteiger partial charge in [-0.15, -0.1) is 0 Å². The zero-order valence-corrected chi connectivity index (χ0v) is 9.97. The van der Waals surface area contributed by atoms with Crippen molar-refractivity contribution in [2.45, 2.75) is 6.92 Å². The smallest absolute Gasteiger partial charge is 0.257 e. The predicted molar refractivity (Wildman–Crippen MR) is 71.7 cm³/mol. The van der Waals surface area contributed by atoms with Crippen molar-refractivity contribution in [2.75, 3.05) is 11.1 Å². The second-order valence-corrected chi connectivity index (χ2v) is 4.04. The van der Waals surface area contributed by atoms with E-state index in [0.29, 0.717) is 16.9 Å². The molecule has 0 saturated carbocycles. The zero-order valence-electron chi connectivity index (χ0n) is 9.97. The molecule has 0 aliphatic carbocycles. The minimum Gasteiger partial charge on any atom is -0.508 e. The Morgan fingerprint density at radius 2 is 1.94 bits per heavy atom. The van der Waals surface area contributed by atoms with Gasteiger partial charge in [-0.2, -0.15) is 0 Å². The maximum Gasteiger partial charge on any atom is 0.257 e. The largest absolute Gasteiger partial charge is 0.508 e. The topological polar surface area (TPSA) is 75.4 Å². The Kier molecular flexibility index (Phi) is 3.19. The van der Waals surface area contributed by atoms with E-state index in [2.05, 4.69) is 5.32 Å². The highest BCUT2D eigenvalue weighted by Gasteiger charge is 2.09. The van der Waals surface area contributed by atoms with Gasteiger partial charge < -0.3 is 16.2 Å². The van der Waals surface area contributed by atoms with Crippen molar-refractivity contribution in [3.63, 3.8) is 0 Å². The molecule has 0 aliphatic heterocycles. The highest BCUT2D eigenvalue weighted by molar-refractivity contribution is 6.07. The second-order valence-electron chi connectivity index (χ2n) is 4.04. The van der Waals surface area contributed by atoms with Crippen LogP contribution in [0.5, 0.6) is 5.75 Å². The van der Waals surface area contributed by atoms with Crippen LogP contribution in [0.1, 0.15) is 15.9 Å². The monoisotopic (exact) mass is 242 g/mol. The van der Waals surface area contributed by atoms with Gasteiger partial charge in [-0.1, -0.05) is 18.2 Å². The Balaban J connectivity index is 2.22. The molecule has 0 aliphatic rings. The lowest BCUT2D eigenvalue weighted by molar-refractivity contribution is 0.102. The van der Waals surface area contributed by atoms with Crippen molar-refractivity contribution in [2.24, 2.45) is 0 Å². The summed E-state index contributed by atoms with van der Waals surface area (Å²) >= 11 is 0. The van der Waals surface area contributed by atoms with Gasteiger partial charge in [-0.3, -0.25) is 4.79 Å². The Morgan fingerprint density at radius 3 is 2.61 bits per heavy atom. The van der Waals surface area contributed by atoms with E-state index in [-0.39, 0.29) is 11.7 Å². The van der Waals surface area contributed by atoms with Gasteiger partial charge in [0.25, 0.3) is 5.91 Å². The van der Waals surface area contributed by atoms with Crippen LogP contribution >= 0.6 is 0 Å². The Morgan fingerprint density at radius 1 is 1.22 bits per heavy atom. The summed E-state index contributed by atoms with van der Waals surface area (Å²) in [5.41, 5.74) is 7.85. The molecule has 0 aromatic heterocycles. The van der Waals surface area contributed by atoms with Gasteiger partial charge >= 0.3 is 0 Å². The van der Waals surface area contributed by atoms with Crippen molar-refractivity contribution in [3.8, 4) is 5.75 Å². The summed E-state index contributed by atoms with van der Waals surface area (Å²) in [6.45, 7) is 1.79. The number of aryl methyl sites for hydroxylation is 1. The van der Waals surface area contributed by atoms with Crippen LogP contribution in [0, 0.1) is 6.92 Å². The third-order valence-electron chi connectivity index (χ3n) is 2.67. The average molecular weight is 242 g/mol. The normalized spacial score (nSPS) is 10.1. The number of amides is 1. The van der Waals surface area contributed by atoms with E-state index in [0.717, 1.165) is 5.56 Å². The molecule has 0 unspecified atom stereocenters. The van der Waals surface area contributed by atoms with Crippen LogP contribution in [0.3, 0.4) is 0 Å². The minimum atomic E-state index is -0.295. The van der Waals surface area contributed by atoms with Crippen molar-refractivity contribution in [1.82, 2.24) is 0 Å². The number of nitrogens with two attached hydrogens (primary N) is 1. The molecule has 2 aromatic carbocycles. The molecule has 4 N–H and O–H groups in total. The summed E-state index contributed by atoms with van der Waals surface area (Å²) in [6, 6.07) is 11.8. The van der Waals surface area contributed by atoms with Gasteiger partial charge in [-0.05, 0) is 30.7 Å². The van der Waals surface area contributed by atoms with Crippen LogP contribution in [-0.4, -0.2) is 11.0 Å². The summed E-state index contributed by atoms with van der Waals surface area (Å²) in [7, 11) is 0. The maximum absolute atomic E-state index is 12.0. The lowest BCUT2D eigenvalue weighted by atomic mass is 10.1. The lowest BCUT2D eigenvalue weighted by Gasteiger charge is -2.08. The van der Waals surface area contributed by atoms with Crippen LogP contribution in [-0.2, 0) is 0 Å². The molecule has 2 rings (SSSR count). The van der Waals surface area contributed by atoms with E-state index in [4.69, 9.17) is 5.73 Å². The summed E-state index contributed by atoms with van der Waals surface area (Å²) < 4.78 is 0. The van der Waals surface area contributed by atoms with Crippen LogP contribution < -0.4 is 11.1 Å². The van der Waals surface area contributed by atoms with Crippen LogP contribution in [0.4, 0.5) is 11.4 Å². The van der Waals surface area contributed by atoms with Gasteiger partial charge in [0, 0.05) is 17.4 Å². The molecule has 0 spiro atoms. The number of hydrogen-bond acceptors (Lipinski definition) is 3. The Bertz CT molecular complexity index is 594. The third-order valence-corrected chi connectivity index (χ3v) is 2.67. The van der Waals surface area contributed by atoms with Gasteiger partial charge in [0.15, 0.2) is 0 Å². The number of rotatable bonds is 2. The molecular weight excluding hydrogens is 228 g/mol. The van der Waals surface area contributed by atoms with Crippen molar-refractivity contribution in [3.05, 3.63) is 53.6 Å². The number of phenols is 1. The molecule has 4 nitrogen and oxygen atoms in total. The summed E-state index contributed by atoms with van der Waals surface area (Å²) in [4.78, 5) is 12.0. The zero-order chi connectivity index (χ0) is 13.1. The van der Waals surface area contributed by atoms with E-state index in [1.165, 1.54) is 6.07 Å². The highest BCUT2D eigenvalue weighted by atomic mass is 16.3. The van der Waals surface area contributed by atoms with E-state index < -0.39 is 0 Å². The Hall–Kier alpha value is -2.49. The van der Waals surface area contributed by atoms with Crippen LogP contribution in [0.15, 0.2) is 42.5 Å². The first-order chi connectivity index (χ1) is 8.58. The molecule has 0 radical (unpaired) electrons. The molecule has 4 heteroatoms. The third kappa shape index (κ3) is 2.43. The molecule has 2 aromatic rings. The van der Waals surface area contributed by atoms with E-state index in [9.17, 15) is 9.90 Å². The number of phenolic OH excluding ortho intramolecular Hbond substituents is 1. The number of carbonyl (C=O) groups is 1. The number of benzene rings is 2. The number of aromatic hydroxyl groups is 1. The molecule has 18 heavy (non-hydrogen) atoms. The molecule has 0 bridgehead atoms. The number of nitrogen functional groups attached to an aromatic ring is 1. The first kappa shape index (κ1) is 12.0. The molecular formula is C14H14N2O2. The van der Waals surface area contributed by atoms with Crippen LogP contribution in [0.25, 0.3) is 0 Å². The van der Waals surface area contributed by atoms with Crippen molar-refractivity contribution < 1.29 is 9.90 Å². The van der Waals surface area contributed by atoms with Gasteiger partial charge in [0.2, 0.25) is 0 Å². The van der Waals surface area contributed by atoms with E-state index in [1.54, 1.807) is 43.3 Å². The number of hydrogen-bond donors (Lipinski definition) is 3. The quantitative estimate of drug-likeness (QED) is 0.708. The van der Waals surface area contributed by atoms with E-state index >= 15 is 0 Å². The summed E-state index contributed by atoms with van der Waals surface area (Å²) in [5, 5.41) is 12.3. The van der Waals surface area contributed by atoms with E-state index in [1.807, 2.05) is 0 Å². The molecule has 1 amide bonds. The molecule has 92 valence electrons. The lowest BCUT2D eigenvalue weighted by Crippen LogP contribution is -2.13. The second kappa shape index (κ2) is 4.79. The van der Waals surface area contributed by atoms with Crippen LogP contribution in [0.2, 0.25) is 0 Å². The number of nitrogens with one attached hydrogen (secondary N) is 1. The summed E-state index contributed by atoms with van der Waals surface area (Å²) in [6.07, 6.45) is 0.